The largest absolute Gasteiger partial charge is 0.381 e. The molecule has 1 heteroatoms. The van der Waals surface area contributed by atoms with Gasteiger partial charge in [0.25, 0.3) is 0 Å². The fourth-order valence-electron chi connectivity index (χ4n) is 2.44. The van der Waals surface area contributed by atoms with Crippen LogP contribution in [0, 0.1) is 10.8 Å². The first kappa shape index (κ1) is 19.0. The summed E-state index contributed by atoms with van der Waals surface area (Å²) >= 11 is 0. The molecule has 0 aromatic carbocycles. The summed E-state index contributed by atoms with van der Waals surface area (Å²) in [6, 6.07) is 0. The van der Waals surface area contributed by atoms with Crippen molar-refractivity contribution in [3.05, 3.63) is 0 Å². The van der Waals surface area contributed by atoms with Gasteiger partial charge in [0.2, 0.25) is 0 Å². The van der Waals surface area contributed by atoms with Crippen molar-refractivity contribution >= 4 is 0 Å². The van der Waals surface area contributed by atoms with Crippen LogP contribution in [0.2, 0.25) is 0 Å². The zero-order valence-corrected chi connectivity index (χ0v) is 14.6. The quantitative estimate of drug-likeness (QED) is 0.452. The first-order valence-corrected chi connectivity index (χ1v) is 8.17. The Bertz CT molecular complexity index is 207. The lowest BCUT2D eigenvalue weighted by Gasteiger charge is -2.21. The molecule has 0 fully saturated rings. The topological polar surface area (TPSA) is 9.23 Å². The molecule has 1 nitrogen and oxygen atoms in total. The van der Waals surface area contributed by atoms with E-state index < -0.39 is 0 Å². The van der Waals surface area contributed by atoms with Gasteiger partial charge in [0.15, 0.2) is 0 Å². The lowest BCUT2D eigenvalue weighted by atomic mass is 9.88. The zero-order valence-electron chi connectivity index (χ0n) is 14.6. The van der Waals surface area contributed by atoms with Gasteiger partial charge in [-0.05, 0) is 36.5 Å². The molecule has 0 saturated heterocycles. The van der Waals surface area contributed by atoms with E-state index in [9.17, 15) is 0 Å². The molecule has 0 aromatic rings. The molecular formula is C18H38O. The molecule has 0 rings (SSSR count). The van der Waals surface area contributed by atoms with E-state index in [0.717, 1.165) is 0 Å². The fraction of sp³-hybridized carbons (Fsp3) is 1.00. The van der Waals surface area contributed by atoms with Gasteiger partial charge in [0.05, 0.1) is 6.10 Å². The van der Waals surface area contributed by atoms with Crippen molar-refractivity contribution in [1.82, 2.24) is 0 Å². The van der Waals surface area contributed by atoms with E-state index in [4.69, 9.17) is 4.74 Å². The molecule has 19 heavy (non-hydrogen) atoms. The van der Waals surface area contributed by atoms with Gasteiger partial charge in [-0.2, -0.15) is 0 Å². The van der Waals surface area contributed by atoms with Gasteiger partial charge >= 0.3 is 0 Å². The zero-order chi connectivity index (χ0) is 14.9. The van der Waals surface area contributed by atoms with Crippen LogP contribution in [0.25, 0.3) is 0 Å². The van der Waals surface area contributed by atoms with Crippen LogP contribution in [0.4, 0.5) is 0 Å². The van der Waals surface area contributed by atoms with E-state index in [-0.39, 0.29) is 0 Å². The summed E-state index contributed by atoms with van der Waals surface area (Å²) in [6.45, 7) is 14.0. The first-order chi connectivity index (χ1) is 8.64. The van der Waals surface area contributed by atoms with Crippen LogP contribution in [0.3, 0.4) is 0 Å². The second-order valence-electron chi connectivity index (χ2n) is 8.47. The fourth-order valence-corrected chi connectivity index (χ4v) is 2.44. The molecule has 0 aliphatic heterocycles. The van der Waals surface area contributed by atoms with Crippen molar-refractivity contribution < 1.29 is 4.74 Å². The van der Waals surface area contributed by atoms with Crippen molar-refractivity contribution in [2.75, 3.05) is 7.11 Å². The van der Waals surface area contributed by atoms with Crippen LogP contribution in [-0.4, -0.2) is 13.2 Å². The van der Waals surface area contributed by atoms with Crippen molar-refractivity contribution in [3.8, 4) is 0 Å². The Kier molecular flexibility index (Phi) is 8.98. The van der Waals surface area contributed by atoms with Crippen molar-refractivity contribution in [2.45, 2.75) is 99.0 Å². The van der Waals surface area contributed by atoms with E-state index in [0.29, 0.717) is 16.9 Å². The van der Waals surface area contributed by atoms with E-state index in [1.165, 1.54) is 51.4 Å². The Morgan fingerprint density at radius 3 is 1.63 bits per heavy atom. The predicted molar refractivity (Wildman–Crippen MR) is 86.6 cm³/mol. The van der Waals surface area contributed by atoms with E-state index in [1.807, 2.05) is 7.11 Å². The average Bonchev–Trinajstić information content (AvgIpc) is 2.23. The summed E-state index contributed by atoms with van der Waals surface area (Å²) < 4.78 is 5.61. The normalized spacial score (nSPS) is 14.7. The maximum absolute atomic E-state index is 5.61. The predicted octanol–water partition coefficient (Wildman–Crippen LogP) is 6.21. The van der Waals surface area contributed by atoms with Crippen molar-refractivity contribution in [3.63, 3.8) is 0 Å². The molecule has 0 spiro atoms. The van der Waals surface area contributed by atoms with Crippen LogP contribution >= 0.6 is 0 Å². The van der Waals surface area contributed by atoms with Gasteiger partial charge in [0, 0.05) is 7.11 Å². The standard InChI is InChI=1S/C18H38O/c1-17(2,3)14-10-8-9-12-16(19-7)13-11-15-18(4,5)6/h16H,8-15H2,1-7H3/t16-/m1/s1. The number of methoxy groups -OCH3 is 1. The minimum absolute atomic E-state index is 0.463. The Balaban J connectivity index is 3.60. The number of ether oxygens (including phenoxy) is 1. The second-order valence-corrected chi connectivity index (χ2v) is 8.47. The third-order valence-electron chi connectivity index (χ3n) is 3.74. The van der Waals surface area contributed by atoms with E-state index in [1.54, 1.807) is 0 Å². The molecule has 0 radical (unpaired) electrons. The Labute approximate surface area is 122 Å². The van der Waals surface area contributed by atoms with Crippen LogP contribution in [0.5, 0.6) is 0 Å². The molecule has 0 saturated carbocycles. The molecule has 0 aliphatic rings. The van der Waals surface area contributed by atoms with E-state index >= 15 is 0 Å². The van der Waals surface area contributed by atoms with Crippen LogP contribution in [0.15, 0.2) is 0 Å². The highest BCUT2D eigenvalue weighted by molar-refractivity contribution is 4.66. The van der Waals surface area contributed by atoms with Gasteiger partial charge in [-0.25, -0.2) is 0 Å². The number of unbranched alkanes of at least 4 members (excludes halogenated alkanes) is 2. The van der Waals surface area contributed by atoms with Gasteiger partial charge < -0.3 is 4.74 Å². The Morgan fingerprint density at radius 2 is 1.16 bits per heavy atom. The lowest BCUT2D eigenvalue weighted by molar-refractivity contribution is 0.0807. The van der Waals surface area contributed by atoms with Crippen molar-refractivity contribution in [1.29, 1.82) is 0 Å². The molecule has 0 amide bonds. The molecular weight excluding hydrogens is 232 g/mol. The molecule has 0 N–H and O–H groups in total. The summed E-state index contributed by atoms with van der Waals surface area (Å²) in [6.07, 6.45) is 10.9. The molecule has 0 aliphatic carbocycles. The monoisotopic (exact) mass is 270 g/mol. The van der Waals surface area contributed by atoms with Gasteiger partial charge in [-0.15, -0.1) is 0 Å². The highest BCUT2D eigenvalue weighted by atomic mass is 16.5. The molecule has 0 aromatic heterocycles. The Morgan fingerprint density at radius 1 is 0.684 bits per heavy atom. The third kappa shape index (κ3) is 14.2. The average molecular weight is 271 g/mol. The maximum atomic E-state index is 5.61. The highest BCUT2D eigenvalue weighted by Gasteiger charge is 2.13. The SMILES string of the molecule is CO[C@H](CCCCCC(C)(C)C)CCCC(C)(C)C. The summed E-state index contributed by atoms with van der Waals surface area (Å²) in [5, 5.41) is 0. The van der Waals surface area contributed by atoms with Gasteiger partial charge in [-0.3, -0.25) is 0 Å². The Hall–Kier alpha value is -0.0400. The van der Waals surface area contributed by atoms with Crippen LogP contribution in [-0.2, 0) is 4.74 Å². The summed E-state index contributed by atoms with van der Waals surface area (Å²) in [5.41, 5.74) is 0.957. The number of hydrogen-bond donors (Lipinski definition) is 0. The van der Waals surface area contributed by atoms with Crippen LogP contribution in [0.1, 0.15) is 92.9 Å². The summed E-state index contributed by atoms with van der Waals surface area (Å²) in [7, 11) is 1.87. The van der Waals surface area contributed by atoms with Gasteiger partial charge in [0.1, 0.15) is 0 Å². The third-order valence-corrected chi connectivity index (χ3v) is 3.74. The minimum Gasteiger partial charge on any atom is -0.381 e. The molecule has 0 heterocycles. The minimum atomic E-state index is 0.463. The lowest BCUT2D eigenvalue weighted by Crippen LogP contribution is -2.13. The molecule has 0 bridgehead atoms. The summed E-state index contributed by atoms with van der Waals surface area (Å²) in [5.74, 6) is 0. The van der Waals surface area contributed by atoms with Crippen LogP contribution < -0.4 is 0 Å². The molecule has 116 valence electrons. The van der Waals surface area contributed by atoms with E-state index in [2.05, 4.69) is 41.5 Å². The maximum Gasteiger partial charge on any atom is 0.0571 e. The van der Waals surface area contributed by atoms with Crippen molar-refractivity contribution in [2.24, 2.45) is 10.8 Å². The number of hydrogen-bond acceptors (Lipinski definition) is 1. The summed E-state index contributed by atoms with van der Waals surface area (Å²) in [4.78, 5) is 0. The smallest absolute Gasteiger partial charge is 0.0571 e. The first-order valence-electron chi connectivity index (χ1n) is 8.17. The molecule has 1 atom stereocenters. The second kappa shape index (κ2) is 9.00. The molecule has 0 unspecified atom stereocenters. The number of rotatable bonds is 9. The van der Waals surface area contributed by atoms with Gasteiger partial charge in [-0.1, -0.05) is 67.2 Å². The highest BCUT2D eigenvalue weighted by Crippen LogP contribution is 2.25.